The van der Waals surface area contributed by atoms with Crippen LogP contribution < -0.4 is 0 Å². The van der Waals surface area contributed by atoms with Crippen molar-refractivity contribution in [2.24, 2.45) is 0 Å². The van der Waals surface area contributed by atoms with Gasteiger partial charge in [-0.15, -0.1) is 0 Å². The maximum Gasteiger partial charge on any atom is 0.102 e. The zero-order valence-corrected chi connectivity index (χ0v) is 29.8. The van der Waals surface area contributed by atoms with E-state index in [1.807, 2.05) is 0 Å². The van der Waals surface area contributed by atoms with Gasteiger partial charge in [0, 0.05) is 12.8 Å². The lowest BCUT2D eigenvalue weighted by molar-refractivity contribution is -0.916. The summed E-state index contributed by atoms with van der Waals surface area (Å²) in [5.74, 6) is 0. The summed E-state index contributed by atoms with van der Waals surface area (Å²) in [5.41, 5.74) is 0. The molecule has 0 aliphatic heterocycles. The van der Waals surface area contributed by atoms with Crippen LogP contribution in [0.25, 0.3) is 0 Å². The van der Waals surface area contributed by atoms with Crippen LogP contribution in [0.4, 0.5) is 0 Å². The van der Waals surface area contributed by atoms with Crippen molar-refractivity contribution in [1.29, 1.82) is 0 Å². The van der Waals surface area contributed by atoms with Crippen molar-refractivity contribution in [3.8, 4) is 0 Å². The van der Waals surface area contributed by atoms with Gasteiger partial charge in [-0.25, -0.2) is 0 Å². The van der Waals surface area contributed by atoms with Crippen LogP contribution >= 0.6 is 0 Å². The third-order valence-electron chi connectivity index (χ3n) is 10.0. The molecule has 2 atom stereocenters. The van der Waals surface area contributed by atoms with Crippen LogP contribution in [0.15, 0.2) is 0 Å². The highest BCUT2D eigenvalue weighted by Crippen LogP contribution is 2.17. The molecule has 0 aromatic rings. The summed E-state index contributed by atoms with van der Waals surface area (Å²) in [4.78, 5) is 0. The molecule has 0 saturated heterocycles. The first-order valence-corrected chi connectivity index (χ1v) is 19.3. The average Bonchev–Trinajstić information content (AvgIpc) is 2.97. The summed E-state index contributed by atoms with van der Waals surface area (Å²) in [6.07, 6.45) is 36.0. The number of unbranched alkanes of at least 4 members (excludes halogenated alkanes) is 23. The first-order chi connectivity index (χ1) is 20.4. The first kappa shape index (κ1) is 41.8. The summed E-state index contributed by atoms with van der Waals surface area (Å²) < 4.78 is 2.05. The zero-order valence-electron chi connectivity index (χ0n) is 29.8. The summed E-state index contributed by atoms with van der Waals surface area (Å²) in [6.45, 7) is 11.7. The second-order valence-corrected chi connectivity index (χ2v) is 14.5. The van der Waals surface area contributed by atoms with Crippen LogP contribution in [0.2, 0.25) is 0 Å². The van der Waals surface area contributed by atoms with Gasteiger partial charge >= 0.3 is 0 Å². The number of likely N-dealkylation sites (N-methyl/N-ethyl adjacent to an activating group) is 2. The summed E-state index contributed by atoms with van der Waals surface area (Å²) >= 11 is 0. The fourth-order valence-corrected chi connectivity index (χ4v) is 6.81. The first-order valence-electron chi connectivity index (χ1n) is 19.3. The van der Waals surface area contributed by atoms with E-state index in [1.54, 1.807) is 0 Å². The molecule has 0 rings (SSSR count). The maximum atomic E-state index is 9.74. The van der Waals surface area contributed by atoms with Gasteiger partial charge in [-0.3, -0.25) is 0 Å². The Morgan fingerprint density at radius 3 is 0.690 bits per heavy atom. The van der Waals surface area contributed by atoms with E-state index in [4.69, 9.17) is 0 Å². The molecular formula is C38H82N2O2+2. The Labute approximate surface area is 266 Å². The Balaban J connectivity index is 4.00. The number of hydrogen-bond donors (Lipinski definition) is 2. The van der Waals surface area contributed by atoms with Crippen LogP contribution in [-0.2, 0) is 0 Å². The minimum atomic E-state index is 0.298. The molecule has 0 fully saturated rings. The molecule has 0 aliphatic carbocycles. The molecule has 254 valence electrons. The van der Waals surface area contributed by atoms with E-state index in [0.29, 0.717) is 13.2 Å². The van der Waals surface area contributed by atoms with Crippen LogP contribution in [0.5, 0.6) is 0 Å². The number of hydrogen-bond acceptors (Lipinski definition) is 2. The standard InChI is InChI=1S/C38H82N2O2/c1-5-7-9-11-13-15-17-19-21-23-25-27-31-39(3,35-37-41)33-29-30-34-40(4,36-38-42)32-28-26-24-22-20-18-16-14-12-10-8-6-2/h41-42H,5-38H2,1-4H3/q+2. The lowest BCUT2D eigenvalue weighted by Gasteiger charge is -2.36. The Morgan fingerprint density at radius 1 is 0.286 bits per heavy atom. The number of aliphatic hydroxyl groups excluding tert-OH is 2. The van der Waals surface area contributed by atoms with Crippen LogP contribution in [0, 0.1) is 0 Å². The molecular weight excluding hydrogens is 516 g/mol. The van der Waals surface area contributed by atoms with E-state index in [0.717, 1.165) is 22.1 Å². The molecule has 4 heteroatoms. The number of quaternary nitrogens is 2. The highest BCUT2D eigenvalue weighted by atomic mass is 16.3. The fraction of sp³-hybridized carbons (Fsp3) is 1.00. The Bertz CT molecular complexity index is 485. The van der Waals surface area contributed by atoms with Crippen molar-refractivity contribution in [3.63, 3.8) is 0 Å². The summed E-state index contributed by atoms with van der Waals surface area (Å²) in [5, 5.41) is 19.5. The fourth-order valence-electron chi connectivity index (χ4n) is 6.81. The van der Waals surface area contributed by atoms with Crippen molar-refractivity contribution >= 4 is 0 Å². The second-order valence-electron chi connectivity index (χ2n) is 14.5. The van der Waals surface area contributed by atoms with Gasteiger partial charge in [-0.1, -0.05) is 142 Å². The van der Waals surface area contributed by atoms with Crippen LogP contribution in [-0.4, -0.2) is 85.8 Å². The molecule has 42 heavy (non-hydrogen) atoms. The molecule has 0 aromatic heterocycles. The Hall–Kier alpha value is -0.160. The smallest absolute Gasteiger partial charge is 0.102 e. The van der Waals surface area contributed by atoms with Crippen LogP contribution in [0.1, 0.15) is 181 Å². The molecule has 0 radical (unpaired) electrons. The van der Waals surface area contributed by atoms with Gasteiger partial charge in [0.05, 0.1) is 53.5 Å². The Kier molecular flexibility index (Phi) is 30.7. The summed E-state index contributed by atoms with van der Waals surface area (Å²) in [7, 11) is 4.73. The lowest BCUT2D eigenvalue weighted by atomic mass is 10.0. The van der Waals surface area contributed by atoms with E-state index in [-0.39, 0.29) is 0 Å². The molecule has 0 bridgehead atoms. The van der Waals surface area contributed by atoms with Gasteiger partial charge in [-0.05, 0) is 25.7 Å². The lowest BCUT2D eigenvalue weighted by Crippen LogP contribution is -2.49. The van der Waals surface area contributed by atoms with Gasteiger partial charge in [0.2, 0.25) is 0 Å². The van der Waals surface area contributed by atoms with E-state index >= 15 is 0 Å². The van der Waals surface area contributed by atoms with Crippen molar-refractivity contribution in [3.05, 3.63) is 0 Å². The van der Waals surface area contributed by atoms with Gasteiger partial charge in [-0.2, -0.15) is 0 Å². The number of aliphatic hydroxyl groups is 2. The number of nitrogens with zero attached hydrogens (tertiary/aromatic N) is 2. The molecule has 0 heterocycles. The summed E-state index contributed by atoms with van der Waals surface area (Å²) in [6, 6.07) is 0. The normalized spacial score (nSPS) is 14.7. The third-order valence-corrected chi connectivity index (χ3v) is 10.0. The molecule has 2 unspecified atom stereocenters. The van der Waals surface area contributed by atoms with E-state index in [2.05, 4.69) is 27.9 Å². The zero-order chi connectivity index (χ0) is 31.0. The SMILES string of the molecule is CCCCCCCCCCCCCC[N+](C)(CCO)CCCC[N+](C)(CCO)CCCCCCCCCCCCCC. The molecule has 0 spiro atoms. The third kappa shape index (κ3) is 27.4. The van der Waals surface area contributed by atoms with Crippen molar-refractivity contribution in [2.75, 3.05) is 66.6 Å². The van der Waals surface area contributed by atoms with Gasteiger partial charge in [0.25, 0.3) is 0 Å². The molecule has 0 aliphatic rings. The van der Waals surface area contributed by atoms with Crippen molar-refractivity contribution in [1.82, 2.24) is 0 Å². The minimum Gasteiger partial charge on any atom is -0.391 e. The monoisotopic (exact) mass is 599 g/mol. The highest BCUT2D eigenvalue weighted by molar-refractivity contribution is 4.52. The predicted octanol–water partition coefficient (Wildman–Crippen LogP) is 10.0. The maximum absolute atomic E-state index is 9.74. The molecule has 0 saturated carbocycles. The van der Waals surface area contributed by atoms with Crippen LogP contribution in [0.3, 0.4) is 0 Å². The predicted molar refractivity (Wildman–Crippen MR) is 187 cm³/mol. The molecule has 0 amide bonds. The van der Waals surface area contributed by atoms with Gasteiger partial charge in [0.15, 0.2) is 0 Å². The van der Waals surface area contributed by atoms with Crippen molar-refractivity contribution in [2.45, 2.75) is 181 Å². The van der Waals surface area contributed by atoms with Crippen molar-refractivity contribution < 1.29 is 19.2 Å². The highest BCUT2D eigenvalue weighted by Gasteiger charge is 2.23. The number of rotatable bonds is 35. The van der Waals surface area contributed by atoms with E-state index in [9.17, 15) is 10.2 Å². The molecule has 4 nitrogen and oxygen atoms in total. The van der Waals surface area contributed by atoms with Gasteiger partial charge in [0.1, 0.15) is 13.1 Å². The largest absolute Gasteiger partial charge is 0.391 e. The van der Waals surface area contributed by atoms with E-state index in [1.165, 1.54) is 193 Å². The second kappa shape index (κ2) is 30.8. The molecule has 0 aromatic carbocycles. The molecule has 2 N–H and O–H groups in total. The quantitative estimate of drug-likeness (QED) is 0.0563. The topological polar surface area (TPSA) is 40.5 Å². The minimum absolute atomic E-state index is 0.298. The van der Waals surface area contributed by atoms with Gasteiger partial charge < -0.3 is 19.2 Å². The van der Waals surface area contributed by atoms with E-state index < -0.39 is 0 Å². The Morgan fingerprint density at radius 2 is 0.476 bits per heavy atom. The average molecular weight is 599 g/mol.